The van der Waals surface area contributed by atoms with E-state index >= 15 is 0 Å². The van der Waals surface area contributed by atoms with E-state index < -0.39 is 0 Å². The fraction of sp³-hybridized carbons (Fsp3) is 0.100. The van der Waals surface area contributed by atoms with Crippen molar-refractivity contribution in [3.63, 3.8) is 0 Å². The summed E-state index contributed by atoms with van der Waals surface area (Å²) in [6.45, 7) is 0. The average molecular weight is 431 g/mol. The van der Waals surface area contributed by atoms with Crippen molar-refractivity contribution in [3.8, 4) is 11.3 Å². The maximum absolute atomic E-state index is 6.50. The van der Waals surface area contributed by atoms with Gasteiger partial charge in [0, 0.05) is 34.4 Å². The van der Waals surface area contributed by atoms with Crippen LogP contribution in [-0.4, -0.2) is 10.1 Å². The van der Waals surface area contributed by atoms with Crippen molar-refractivity contribution < 1.29 is 4.52 Å². The predicted octanol–water partition coefficient (Wildman–Crippen LogP) is 5.32. The summed E-state index contributed by atoms with van der Waals surface area (Å²) in [4.78, 5) is 4.38. The number of halogens is 2. The van der Waals surface area contributed by atoms with E-state index in [-0.39, 0.29) is 18.4 Å². The Labute approximate surface area is 166 Å². The molecule has 1 atom stereocenters. The van der Waals surface area contributed by atoms with Crippen molar-refractivity contribution in [2.45, 2.75) is 12.5 Å². The normalized spacial score (nSPS) is 11.9. The largest absolute Gasteiger partial charge is 0.356 e. The van der Waals surface area contributed by atoms with E-state index in [2.05, 4.69) is 26.1 Å². The van der Waals surface area contributed by atoms with Crippen LogP contribution < -0.4 is 5.73 Å². The summed E-state index contributed by atoms with van der Waals surface area (Å²) in [7, 11) is 0. The predicted molar refractivity (Wildman–Crippen MR) is 109 cm³/mol. The van der Waals surface area contributed by atoms with Crippen molar-refractivity contribution >= 4 is 39.3 Å². The molecule has 0 aliphatic heterocycles. The summed E-state index contributed by atoms with van der Waals surface area (Å²) in [5, 5.41) is 5.25. The zero-order chi connectivity index (χ0) is 17.2. The summed E-state index contributed by atoms with van der Waals surface area (Å²) in [6, 6.07) is 19.6. The van der Waals surface area contributed by atoms with Crippen LogP contribution >= 0.6 is 28.3 Å². The van der Waals surface area contributed by atoms with Crippen LogP contribution in [0.3, 0.4) is 0 Å². The zero-order valence-corrected chi connectivity index (χ0v) is 16.2. The Balaban J connectivity index is 0.00000196. The minimum atomic E-state index is -0.176. The highest BCUT2D eigenvalue weighted by molar-refractivity contribution is 9.10. The summed E-state index contributed by atoms with van der Waals surface area (Å²) in [6.07, 6.45) is 2.45. The van der Waals surface area contributed by atoms with E-state index in [1.165, 1.54) is 0 Å². The van der Waals surface area contributed by atoms with Gasteiger partial charge in [0.05, 0.1) is 5.39 Å². The SMILES string of the molecule is Cl.NC(Cc1ccccn1)c1ccccc1-c1noc2ccc(Br)cc12. The number of pyridine rings is 1. The van der Waals surface area contributed by atoms with E-state index in [4.69, 9.17) is 10.3 Å². The molecule has 0 radical (unpaired) electrons. The number of benzene rings is 2. The van der Waals surface area contributed by atoms with Gasteiger partial charge in [-0.3, -0.25) is 4.98 Å². The van der Waals surface area contributed by atoms with E-state index in [1.54, 1.807) is 6.20 Å². The van der Waals surface area contributed by atoms with Gasteiger partial charge in [0.25, 0.3) is 0 Å². The van der Waals surface area contributed by atoms with Crippen LogP contribution in [0.25, 0.3) is 22.2 Å². The third-order valence-corrected chi connectivity index (χ3v) is 4.70. The van der Waals surface area contributed by atoms with Gasteiger partial charge in [0.2, 0.25) is 0 Å². The molecule has 26 heavy (non-hydrogen) atoms. The number of aromatic nitrogens is 2. The maximum Gasteiger partial charge on any atom is 0.167 e. The minimum Gasteiger partial charge on any atom is -0.356 e. The van der Waals surface area contributed by atoms with Crippen LogP contribution in [0.15, 0.2) is 75.9 Å². The van der Waals surface area contributed by atoms with Gasteiger partial charge in [-0.1, -0.05) is 51.4 Å². The lowest BCUT2D eigenvalue weighted by Gasteiger charge is -2.15. The van der Waals surface area contributed by atoms with Crippen molar-refractivity contribution in [1.29, 1.82) is 0 Å². The Morgan fingerprint density at radius 1 is 1.04 bits per heavy atom. The topological polar surface area (TPSA) is 64.9 Å². The number of nitrogens with zero attached hydrogens (tertiary/aromatic N) is 2. The highest BCUT2D eigenvalue weighted by Crippen LogP contribution is 2.34. The summed E-state index contributed by atoms with van der Waals surface area (Å²) >= 11 is 3.51. The molecule has 4 rings (SSSR count). The number of hydrogen-bond acceptors (Lipinski definition) is 4. The maximum atomic E-state index is 6.50. The Bertz CT molecular complexity index is 1020. The highest BCUT2D eigenvalue weighted by atomic mass is 79.9. The number of nitrogens with two attached hydrogens (primary N) is 1. The molecule has 0 aliphatic carbocycles. The van der Waals surface area contributed by atoms with Crippen LogP contribution in [-0.2, 0) is 6.42 Å². The van der Waals surface area contributed by atoms with Crippen molar-refractivity contribution in [3.05, 3.63) is 82.6 Å². The molecule has 6 heteroatoms. The van der Waals surface area contributed by atoms with Gasteiger partial charge in [-0.05, 0) is 35.9 Å². The molecule has 2 N–H and O–H groups in total. The highest BCUT2D eigenvalue weighted by Gasteiger charge is 2.18. The van der Waals surface area contributed by atoms with Gasteiger partial charge in [-0.2, -0.15) is 0 Å². The standard InChI is InChI=1S/C20H16BrN3O.ClH/c21-13-8-9-19-17(11-13)20(24-25-19)16-7-2-1-6-15(16)18(22)12-14-5-3-4-10-23-14;/h1-11,18H,12,22H2;1H. The quantitative estimate of drug-likeness (QED) is 0.476. The van der Waals surface area contributed by atoms with Crippen molar-refractivity contribution in [2.75, 3.05) is 0 Å². The number of hydrogen-bond donors (Lipinski definition) is 1. The second-order valence-electron chi connectivity index (χ2n) is 5.89. The van der Waals surface area contributed by atoms with Gasteiger partial charge < -0.3 is 10.3 Å². The lowest BCUT2D eigenvalue weighted by molar-refractivity contribution is 0.459. The van der Waals surface area contributed by atoms with Crippen LogP contribution in [0.5, 0.6) is 0 Å². The van der Waals surface area contributed by atoms with Crippen LogP contribution in [0.1, 0.15) is 17.3 Å². The number of rotatable bonds is 4. The van der Waals surface area contributed by atoms with Gasteiger partial charge in [-0.25, -0.2) is 0 Å². The molecule has 132 valence electrons. The molecule has 2 aromatic heterocycles. The van der Waals surface area contributed by atoms with E-state index in [9.17, 15) is 0 Å². The smallest absolute Gasteiger partial charge is 0.167 e. The fourth-order valence-corrected chi connectivity index (χ4v) is 3.36. The van der Waals surface area contributed by atoms with Gasteiger partial charge in [-0.15, -0.1) is 12.4 Å². The first kappa shape index (κ1) is 18.6. The molecule has 0 saturated carbocycles. The Morgan fingerprint density at radius 3 is 2.65 bits per heavy atom. The van der Waals surface area contributed by atoms with Crippen LogP contribution in [0.4, 0.5) is 0 Å². The molecule has 0 bridgehead atoms. The minimum absolute atomic E-state index is 0. The zero-order valence-electron chi connectivity index (χ0n) is 13.8. The molecular formula is C20H17BrClN3O. The number of fused-ring (bicyclic) bond motifs is 1. The third kappa shape index (κ3) is 3.65. The first-order chi connectivity index (χ1) is 12.2. The Kier molecular flexibility index (Phi) is 5.71. The monoisotopic (exact) mass is 429 g/mol. The molecule has 0 amide bonds. The van der Waals surface area contributed by atoms with Crippen molar-refractivity contribution in [2.24, 2.45) is 5.73 Å². The molecule has 4 nitrogen and oxygen atoms in total. The van der Waals surface area contributed by atoms with Gasteiger partial charge in [0.15, 0.2) is 5.58 Å². The van der Waals surface area contributed by atoms with Crippen LogP contribution in [0, 0.1) is 0 Å². The molecule has 4 aromatic rings. The summed E-state index contributed by atoms with van der Waals surface area (Å²) in [5.74, 6) is 0. The summed E-state index contributed by atoms with van der Waals surface area (Å²) < 4.78 is 6.47. The molecule has 0 spiro atoms. The average Bonchev–Trinajstić information content (AvgIpc) is 3.05. The molecular weight excluding hydrogens is 414 g/mol. The molecule has 0 aliphatic rings. The second kappa shape index (κ2) is 7.99. The second-order valence-corrected chi connectivity index (χ2v) is 6.81. The van der Waals surface area contributed by atoms with Crippen LogP contribution in [0.2, 0.25) is 0 Å². The van der Waals surface area contributed by atoms with E-state index in [1.807, 2.05) is 60.7 Å². The van der Waals surface area contributed by atoms with E-state index in [0.29, 0.717) is 6.42 Å². The Morgan fingerprint density at radius 2 is 1.85 bits per heavy atom. The molecule has 2 aromatic carbocycles. The van der Waals surface area contributed by atoms with Gasteiger partial charge >= 0.3 is 0 Å². The molecule has 2 heterocycles. The lowest BCUT2D eigenvalue weighted by atomic mass is 9.94. The molecule has 0 fully saturated rings. The van der Waals surface area contributed by atoms with Gasteiger partial charge in [0.1, 0.15) is 5.69 Å². The first-order valence-corrected chi connectivity index (χ1v) is 8.81. The fourth-order valence-electron chi connectivity index (χ4n) is 3.00. The third-order valence-electron chi connectivity index (χ3n) is 4.20. The molecule has 0 saturated heterocycles. The van der Waals surface area contributed by atoms with Crippen molar-refractivity contribution in [1.82, 2.24) is 10.1 Å². The lowest BCUT2D eigenvalue weighted by Crippen LogP contribution is -2.15. The Hall–Kier alpha value is -2.21. The molecule has 1 unspecified atom stereocenters. The summed E-state index contributed by atoms with van der Waals surface area (Å²) in [5.41, 5.74) is 11.1. The first-order valence-electron chi connectivity index (χ1n) is 8.02. The van der Waals surface area contributed by atoms with E-state index in [0.717, 1.165) is 38.0 Å².